The first kappa shape index (κ1) is 28.4. The smallest absolute Gasteiger partial charge is 0.410 e. The fraction of sp³-hybridized carbons (Fsp3) is 0.615. The van der Waals surface area contributed by atoms with Gasteiger partial charge in [-0.25, -0.2) is 9.59 Å². The largest absolute Gasteiger partial charge is 0.444 e. The molecule has 3 rings (SSSR count). The Kier molecular flexibility index (Phi) is 9.50. The Morgan fingerprint density at radius 3 is 2.49 bits per heavy atom. The van der Waals surface area contributed by atoms with Crippen molar-refractivity contribution in [3.05, 3.63) is 34.2 Å². The lowest BCUT2D eigenvalue weighted by Gasteiger charge is -2.24. The number of ether oxygens (including phenoxy) is 3. The molecule has 37 heavy (non-hydrogen) atoms. The minimum Gasteiger partial charge on any atom is -0.444 e. The topological polar surface area (TPSA) is 121 Å². The quantitative estimate of drug-likeness (QED) is 0.357. The Hall–Kier alpha value is -3.18. The molecule has 1 fully saturated rings. The van der Waals surface area contributed by atoms with Gasteiger partial charge >= 0.3 is 11.8 Å². The lowest BCUT2D eigenvalue weighted by atomic mass is 10.0. The third-order valence-electron chi connectivity index (χ3n) is 6.09. The number of aromatic nitrogens is 2. The molecule has 3 amide bonds. The lowest BCUT2D eigenvalue weighted by Crippen LogP contribution is -2.44. The highest BCUT2D eigenvalue weighted by atomic mass is 16.6. The molecule has 0 aliphatic carbocycles. The molecule has 0 bridgehead atoms. The van der Waals surface area contributed by atoms with E-state index in [0.717, 1.165) is 17.5 Å². The molecule has 11 nitrogen and oxygen atoms in total. The SMILES string of the molecule is CN(CCOCCOCCCc1cccc2c1n(C)c(=O)n2C1CCC(=O)NC1=O)C(=O)OC(C)(C)C. The molecule has 1 aliphatic rings. The zero-order chi connectivity index (χ0) is 27.2. The molecule has 1 N–H and O–H groups in total. The molecule has 1 aromatic carbocycles. The van der Waals surface area contributed by atoms with Gasteiger partial charge in [-0.2, -0.15) is 0 Å². The van der Waals surface area contributed by atoms with Crippen LogP contribution in [-0.2, 0) is 37.3 Å². The molecule has 1 unspecified atom stereocenters. The summed E-state index contributed by atoms with van der Waals surface area (Å²) >= 11 is 0. The number of hydrogen-bond acceptors (Lipinski definition) is 7. The van der Waals surface area contributed by atoms with E-state index in [4.69, 9.17) is 14.2 Å². The lowest BCUT2D eigenvalue weighted by molar-refractivity contribution is -0.135. The number of imidazole rings is 1. The van der Waals surface area contributed by atoms with Gasteiger partial charge in [0, 0.05) is 33.7 Å². The number of carbonyl (C=O) groups excluding carboxylic acids is 3. The van der Waals surface area contributed by atoms with Crippen LogP contribution in [0.1, 0.15) is 51.6 Å². The number of benzene rings is 1. The average Bonchev–Trinajstić information content (AvgIpc) is 3.07. The van der Waals surface area contributed by atoms with Crippen LogP contribution in [0, 0.1) is 0 Å². The maximum absolute atomic E-state index is 13.0. The predicted octanol–water partition coefficient (Wildman–Crippen LogP) is 2.15. The summed E-state index contributed by atoms with van der Waals surface area (Å²) in [5, 5.41) is 2.33. The number of piperidine rings is 1. The number of likely N-dealkylation sites (N-methyl/N-ethyl adjacent to an activating group) is 1. The first-order valence-corrected chi connectivity index (χ1v) is 12.6. The highest BCUT2D eigenvalue weighted by Gasteiger charge is 2.31. The number of rotatable bonds is 11. The summed E-state index contributed by atoms with van der Waals surface area (Å²) in [4.78, 5) is 50.3. The van der Waals surface area contributed by atoms with Gasteiger partial charge in [0.1, 0.15) is 11.6 Å². The van der Waals surface area contributed by atoms with Crippen molar-refractivity contribution in [2.45, 2.75) is 58.1 Å². The number of nitrogens with zero attached hydrogens (tertiary/aromatic N) is 3. The number of carbonyl (C=O) groups is 3. The van der Waals surface area contributed by atoms with E-state index < -0.39 is 17.6 Å². The van der Waals surface area contributed by atoms with Crippen LogP contribution in [0.4, 0.5) is 4.79 Å². The minimum atomic E-state index is -0.698. The van der Waals surface area contributed by atoms with Crippen LogP contribution >= 0.6 is 0 Å². The van der Waals surface area contributed by atoms with Crippen molar-refractivity contribution in [2.24, 2.45) is 7.05 Å². The molecule has 0 radical (unpaired) electrons. The molecule has 2 aromatic rings. The Labute approximate surface area is 216 Å². The van der Waals surface area contributed by atoms with Crippen molar-refractivity contribution in [3.8, 4) is 0 Å². The van der Waals surface area contributed by atoms with Gasteiger partial charge in [0.25, 0.3) is 0 Å². The number of hydrogen-bond donors (Lipinski definition) is 1. The molecule has 0 saturated carbocycles. The van der Waals surface area contributed by atoms with E-state index in [9.17, 15) is 19.2 Å². The number of fused-ring (bicyclic) bond motifs is 1. The van der Waals surface area contributed by atoms with Gasteiger partial charge in [0.05, 0.1) is 30.9 Å². The maximum Gasteiger partial charge on any atom is 0.410 e. The van der Waals surface area contributed by atoms with E-state index in [1.165, 1.54) is 9.47 Å². The second-order valence-electron chi connectivity index (χ2n) is 10.2. The zero-order valence-electron chi connectivity index (χ0n) is 22.4. The molecular weight excluding hydrogens is 480 g/mol. The molecule has 0 spiro atoms. The summed E-state index contributed by atoms with van der Waals surface area (Å²) in [6.45, 7) is 7.67. The molecule has 1 saturated heterocycles. The van der Waals surface area contributed by atoms with Gasteiger partial charge in [-0.3, -0.25) is 24.0 Å². The molecule has 2 heterocycles. The number of amides is 3. The van der Waals surface area contributed by atoms with E-state index in [2.05, 4.69) is 5.32 Å². The van der Waals surface area contributed by atoms with Gasteiger partial charge in [-0.1, -0.05) is 12.1 Å². The third-order valence-corrected chi connectivity index (χ3v) is 6.09. The van der Waals surface area contributed by atoms with E-state index >= 15 is 0 Å². The number of imide groups is 1. The summed E-state index contributed by atoms with van der Waals surface area (Å²) in [6, 6.07) is 4.98. The summed E-state index contributed by atoms with van der Waals surface area (Å²) < 4.78 is 19.6. The van der Waals surface area contributed by atoms with Crippen LogP contribution in [0.3, 0.4) is 0 Å². The van der Waals surface area contributed by atoms with Crippen molar-refractivity contribution in [1.29, 1.82) is 0 Å². The number of nitrogens with one attached hydrogen (secondary N) is 1. The van der Waals surface area contributed by atoms with Crippen LogP contribution in [-0.4, -0.2) is 77.6 Å². The van der Waals surface area contributed by atoms with E-state index in [1.807, 2.05) is 39.0 Å². The van der Waals surface area contributed by atoms with Crippen LogP contribution in [0.5, 0.6) is 0 Å². The maximum atomic E-state index is 13.0. The van der Waals surface area contributed by atoms with Crippen molar-refractivity contribution >= 4 is 28.9 Å². The minimum absolute atomic E-state index is 0.209. The van der Waals surface area contributed by atoms with Crippen LogP contribution in [0.15, 0.2) is 23.0 Å². The standard InChI is InChI=1S/C26H38N4O7/c1-26(2,3)37-25(34)28(4)13-15-36-17-16-35-14-7-9-18-8-6-10-19-22(18)29(5)24(33)30(19)20-11-12-21(31)27-23(20)32/h6,8,10,20H,7,9,11-17H2,1-5H3,(H,27,31,32). The highest BCUT2D eigenvalue weighted by Crippen LogP contribution is 2.25. The highest BCUT2D eigenvalue weighted by molar-refractivity contribution is 6.00. The summed E-state index contributed by atoms with van der Waals surface area (Å²) in [5.41, 5.74) is 1.66. The van der Waals surface area contributed by atoms with Gasteiger partial charge in [0.2, 0.25) is 11.8 Å². The van der Waals surface area contributed by atoms with Gasteiger partial charge in [-0.15, -0.1) is 0 Å². The summed E-state index contributed by atoms with van der Waals surface area (Å²) in [7, 11) is 3.37. The van der Waals surface area contributed by atoms with E-state index in [0.29, 0.717) is 51.3 Å². The Balaban J connectivity index is 1.44. The summed E-state index contributed by atoms with van der Waals surface area (Å²) in [6.07, 6.45) is 1.58. The fourth-order valence-electron chi connectivity index (χ4n) is 4.27. The molecular formula is C26H38N4O7. The predicted molar refractivity (Wildman–Crippen MR) is 137 cm³/mol. The Morgan fingerprint density at radius 1 is 1.11 bits per heavy atom. The first-order valence-electron chi connectivity index (χ1n) is 12.6. The monoisotopic (exact) mass is 518 g/mol. The van der Waals surface area contributed by atoms with Crippen LogP contribution < -0.4 is 11.0 Å². The van der Waals surface area contributed by atoms with E-state index in [-0.39, 0.29) is 24.1 Å². The van der Waals surface area contributed by atoms with Crippen LogP contribution in [0.25, 0.3) is 11.0 Å². The van der Waals surface area contributed by atoms with Crippen molar-refractivity contribution < 1.29 is 28.6 Å². The second-order valence-corrected chi connectivity index (χ2v) is 10.2. The number of para-hydroxylation sites is 1. The summed E-state index contributed by atoms with van der Waals surface area (Å²) in [5.74, 6) is -0.753. The molecule has 11 heteroatoms. The Bertz CT molecular complexity index is 1180. The molecule has 204 valence electrons. The van der Waals surface area contributed by atoms with Crippen molar-refractivity contribution in [3.63, 3.8) is 0 Å². The average molecular weight is 519 g/mol. The Morgan fingerprint density at radius 2 is 1.81 bits per heavy atom. The van der Waals surface area contributed by atoms with Gasteiger partial charge in [0.15, 0.2) is 0 Å². The first-order chi connectivity index (χ1) is 17.5. The normalized spacial score (nSPS) is 16.2. The third kappa shape index (κ3) is 7.42. The van der Waals surface area contributed by atoms with E-state index in [1.54, 1.807) is 18.7 Å². The van der Waals surface area contributed by atoms with Crippen molar-refractivity contribution in [1.82, 2.24) is 19.4 Å². The van der Waals surface area contributed by atoms with Crippen LogP contribution in [0.2, 0.25) is 0 Å². The van der Waals surface area contributed by atoms with Crippen molar-refractivity contribution in [2.75, 3.05) is 40.0 Å². The second kappa shape index (κ2) is 12.4. The zero-order valence-corrected chi connectivity index (χ0v) is 22.4. The molecule has 1 aliphatic heterocycles. The molecule has 1 atom stereocenters. The fourth-order valence-corrected chi connectivity index (χ4v) is 4.27. The number of aryl methyl sites for hydroxylation is 2. The molecule has 1 aromatic heterocycles. The van der Waals surface area contributed by atoms with Gasteiger partial charge in [-0.05, 0) is 51.7 Å². The van der Waals surface area contributed by atoms with Gasteiger partial charge < -0.3 is 19.1 Å².